The summed E-state index contributed by atoms with van der Waals surface area (Å²) >= 11 is 1.68. The molecule has 2 N–H and O–H groups in total. The Morgan fingerprint density at radius 2 is 2.04 bits per heavy atom. The number of carbonyl (C=O) groups is 2. The monoisotopic (exact) mass is 389 g/mol. The minimum atomic E-state index is -0.332. The first-order valence-corrected chi connectivity index (χ1v) is 11.0. The number of likely N-dealkylation sites (tertiary alicyclic amines) is 1. The smallest absolute Gasteiger partial charge is 0.410 e. The molecule has 7 heteroatoms. The molecule has 1 unspecified atom stereocenters. The Morgan fingerprint density at radius 3 is 2.67 bits per heavy atom. The summed E-state index contributed by atoms with van der Waals surface area (Å²) in [6.45, 7) is 3.44. The Labute approximate surface area is 163 Å². The number of rotatable bonds is 3. The molecular weight excluding hydrogens is 362 g/mol. The lowest BCUT2D eigenvalue weighted by Gasteiger charge is -2.58. The van der Waals surface area contributed by atoms with Crippen LogP contribution in [0.15, 0.2) is 5.38 Å². The number of thiazole rings is 1. The number of nitrogens with zero attached hydrogens (tertiary/aromatic N) is 2. The standard InChI is InChI=1S/C20H27N3O3S/c1-11-10-27-17(22-11)13-2-3-23(9-13)19(25)26-16-14-4-12-5-15(16)8-20(6-12,7-14)18(21)24/h10,12-16H,2-9H2,1H3,(H2,21,24)/t12?,13?,14-,15-,16?,20?/m1/s1. The summed E-state index contributed by atoms with van der Waals surface area (Å²) in [5, 5.41) is 3.19. The molecule has 5 aliphatic rings. The first-order valence-electron chi connectivity index (χ1n) is 10.1. The van der Waals surface area contributed by atoms with E-state index in [4.69, 9.17) is 10.5 Å². The molecular formula is C20H27N3O3S. The van der Waals surface area contributed by atoms with Gasteiger partial charge in [0, 0.05) is 30.1 Å². The first-order chi connectivity index (χ1) is 12.9. The van der Waals surface area contributed by atoms with Crippen LogP contribution in [0.3, 0.4) is 0 Å². The molecule has 4 aliphatic carbocycles. The third-order valence-electron chi connectivity index (χ3n) is 7.38. The van der Waals surface area contributed by atoms with Crippen molar-refractivity contribution in [1.29, 1.82) is 0 Å². The molecule has 0 spiro atoms. The fourth-order valence-corrected chi connectivity index (χ4v) is 7.28. The van der Waals surface area contributed by atoms with E-state index in [0.717, 1.165) is 55.8 Å². The van der Waals surface area contributed by atoms with E-state index < -0.39 is 0 Å². The second-order valence-corrected chi connectivity index (χ2v) is 10.1. The molecule has 0 aromatic carbocycles. The summed E-state index contributed by atoms with van der Waals surface area (Å²) in [6, 6.07) is 0. The van der Waals surface area contributed by atoms with Crippen LogP contribution in [0.4, 0.5) is 4.79 Å². The van der Waals surface area contributed by atoms with Gasteiger partial charge in [-0.3, -0.25) is 4.79 Å². The lowest BCUT2D eigenvalue weighted by atomic mass is 9.48. The van der Waals surface area contributed by atoms with Crippen LogP contribution in [0, 0.1) is 30.1 Å². The fourth-order valence-electron chi connectivity index (χ4n) is 6.35. The Bertz CT molecular complexity index is 762. The molecule has 1 aromatic heterocycles. The summed E-state index contributed by atoms with van der Waals surface area (Å²) in [4.78, 5) is 31.3. The number of carbonyl (C=O) groups excluding carboxylic acids is 2. The molecule has 3 atom stereocenters. The zero-order valence-corrected chi connectivity index (χ0v) is 16.5. The third kappa shape index (κ3) is 2.85. The van der Waals surface area contributed by atoms with Crippen molar-refractivity contribution in [2.75, 3.05) is 13.1 Å². The quantitative estimate of drug-likeness (QED) is 0.861. The summed E-state index contributed by atoms with van der Waals surface area (Å²) in [6.07, 6.45) is 5.42. The normalized spacial score (nSPS) is 39.7. The van der Waals surface area contributed by atoms with Crippen LogP contribution in [-0.4, -0.2) is 41.1 Å². The zero-order valence-electron chi connectivity index (χ0n) is 15.7. The van der Waals surface area contributed by atoms with E-state index in [9.17, 15) is 9.59 Å². The van der Waals surface area contributed by atoms with Gasteiger partial charge in [0.1, 0.15) is 6.10 Å². The molecule has 27 heavy (non-hydrogen) atoms. The summed E-state index contributed by atoms with van der Waals surface area (Å²) in [7, 11) is 0. The second-order valence-electron chi connectivity index (χ2n) is 9.22. The molecule has 146 valence electrons. The van der Waals surface area contributed by atoms with Crippen LogP contribution in [0.25, 0.3) is 0 Å². The predicted octanol–water partition coefficient (Wildman–Crippen LogP) is 3.06. The summed E-state index contributed by atoms with van der Waals surface area (Å²) < 4.78 is 6.04. The second kappa shape index (κ2) is 6.19. The van der Waals surface area contributed by atoms with Gasteiger partial charge in [-0.05, 0) is 63.2 Å². The van der Waals surface area contributed by atoms with Crippen molar-refractivity contribution in [3.63, 3.8) is 0 Å². The van der Waals surface area contributed by atoms with Gasteiger partial charge in [0.2, 0.25) is 5.91 Å². The van der Waals surface area contributed by atoms with E-state index in [1.165, 1.54) is 0 Å². The van der Waals surface area contributed by atoms with Crippen LogP contribution < -0.4 is 5.73 Å². The van der Waals surface area contributed by atoms with Crippen molar-refractivity contribution in [3.05, 3.63) is 16.1 Å². The fraction of sp³-hybridized carbons (Fsp3) is 0.750. The van der Waals surface area contributed by atoms with E-state index in [-0.39, 0.29) is 23.5 Å². The van der Waals surface area contributed by atoms with Crippen molar-refractivity contribution in [2.24, 2.45) is 28.9 Å². The highest BCUT2D eigenvalue weighted by Crippen LogP contribution is 2.60. The largest absolute Gasteiger partial charge is 0.446 e. The number of ether oxygens (including phenoxy) is 1. The maximum absolute atomic E-state index is 12.8. The maximum atomic E-state index is 12.8. The number of nitrogens with two attached hydrogens (primary N) is 1. The number of primary amides is 1. The van der Waals surface area contributed by atoms with Crippen LogP contribution in [-0.2, 0) is 9.53 Å². The molecule has 4 bridgehead atoms. The number of aryl methyl sites for hydroxylation is 1. The molecule has 1 saturated heterocycles. The molecule has 6 rings (SSSR count). The average molecular weight is 390 g/mol. The van der Waals surface area contributed by atoms with E-state index in [0.29, 0.717) is 30.2 Å². The number of aromatic nitrogens is 1. The Hall–Kier alpha value is -1.63. The van der Waals surface area contributed by atoms with Crippen LogP contribution >= 0.6 is 11.3 Å². The van der Waals surface area contributed by atoms with Crippen LogP contribution in [0.5, 0.6) is 0 Å². The van der Waals surface area contributed by atoms with Gasteiger partial charge in [-0.2, -0.15) is 0 Å². The number of hydrogen-bond donors (Lipinski definition) is 1. The van der Waals surface area contributed by atoms with E-state index in [1.807, 2.05) is 11.8 Å². The minimum absolute atomic E-state index is 0.0392. The highest BCUT2D eigenvalue weighted by atomic mass is 32.1. The lowest BCUT2D eigenvalue weighted by molar-refractivity contribution is -0.161. The van der Waals surface area contributed by atoms with Crippen molar-refractivity contribution in [1.82, 2.24) is 9.88 Å². The van der Waals surface area contributed by atoms with E-state index in [2.05, 4.69) is 10.4 Å². The predicted molar refractivity (Wildman–Crippen MR) is 101 cm³/mol. The molecule has 4 saturated carbocycles. The number of hydrogen-bond acceptors (Lipinski definition) is 5. The zero-order chi connectivity index (χ0) is 18.8. The Kier molecular flexibility index (Phi) is 4.00. The van der Waals surface area contributed by atoms with Gasteiger partial charge < -0.3 is 15.4 Å². The van der Waals surface area contributed by atoms with E-state index in [1.54, 1.807) is 11.3 Å². The van der Waals surface area contributed by atoms with Gasteiger partial charge in [-0.25, -0.2) is 9.78 Å². The Balaban J connectivity index is 1.24. The molecule has 6 nitrogen and oxygen atoms in total. The van der Waals surface area contributed by atoms with Crippen LogP contribution in [0.1, 0.15) is 55.1 Å². The SMILES string of the molecule is Cc1csc(C2CCN(C(=O)OC3[C@@H]4CC5C[C@@H]3CC(C(N)=O)(C5)C4)C2)n1. The molecule has 1 aliphatic heterocycles. The van der Waals surface area contributed by atoms with Crippen molar-refractivity contribution < 1.29 is 14.3 Å². The van der Waals surface area contributed by atoms with Crippen LogP contribution in [0.2, 0.25) is 0 Å². The highest BCUT2D eigenvalue weighted by Gasteiger charge is 2.59. The van der Waals surface area contributed by atoms with E-state index >= 15 is 0 Å². The van der Waals surface area contributed by atoms with Gasteiger partial charge >= 0.3 is 6.09 Å². The summed E-state index contributed by atoms with van der Waals surface area (Å²) in [5.41, 5.74) is 6.47. The van der Waals surface area contributed by atoms with Gasteiger partial charge in [0.05, 0.1) is 10.4 Å². The lowest BCUT2D eigenvalue weighted by Crippen LogP contribution is -2.59. The van der Waals surface area contributed by atoms with Crippen molar-refractivity contribution >= 4 is 23.3 Å². The van der Waals surface area contributed by atoms with Gasteiger partial charge in [0.15, 0.2) is 0 Å². The molecule has 0 radical (unpaired) electrons. The van der Waals surface area contributed by atoms with Gasteiger partial charge in [-0.15, -0.1) is 11.3 Å². The Morgan fingerprint density at radius 1 is 1.30 bits per heavy atom. The first kappa shape index (κ1) is 17.5. The molecule has 1 aromatic rings. The van der Waals surface area contributed by atoms with Crippen molar-refractivity contribution in [3.8, 4) is 0 Å². The minimum Gasteiger partial charge on any atom is -0.446 e. The van der Waals surface area contributed by atoms with Crippen molar-refractivity contribution in [2.45, 2.75) is 57.5 Å². The molecule has 2 amide bonds. The van der Waals surface area contributed by atoms with Gasteiger partial charge in [0.25, 0.3) is 0 Å². The average Bonchev–Trinajstić information content (AvgIpc) is 3.26. The third-order valence-corrected chi connectivity index (χ3v) is 8.50. The summed E-state index contributed by atoms with van der Waals surface area (Å²) in [5.74, 6) is 1.36. The molecule has 2 heterocycles. The molecule has 5 fully saturated rings. The maximum Gasteiger partial charge on any atom is 0.410 e. The highest BCUT2D eigenvalue weighted by molar-refractivity contribution is 7.09. The van der Waals surface area contributed by atoms with Gasteiger partial charge in [-0.1, -0.05) is 0 Å². The number of amides is 2. The topological polar surface area (TPSA) is 85.5 Å².